The van der Waals surface area contributed by atoms with Crippen molar-refractivity contribution < 1.29 is 5.11 Å². The van der Waals surface area contributed by atoms with Gasteiger partial charge in [-0.1, -0.05) is 44.9 Å². The molecule has 0 fully saturated rings. The average Bonchev–Trinajstić information content (AvgIpc) is 2.41. The van der Waals surface area contributed by atoms with Gasteiger partial charge in [0.2, 0.25) is 0 Å². The van der Waals surface area contributed by atoms with Crippen LogP contribution in [0.1, 0.15) is 84.5 Å². The molecule has 0 aliphatic carbocycles. The van der Waals surface area contributed by atoms with Crippen molar-refractivity contribution >= 4 is 0 Å². The zero-order valence-electron chi connectivity index (χ0n) is 14.3. The molecule has 4 unspecified atom stereocenters. The van der Waals surface area contributed by atoms with E-state index < -0.39 is 0 Å². The van der Waals surface area contributed by atoms with Gasteiger partial charge in [0.05, 0.1) is 6.10 Å². The average molecular weight is 302 g/mol. The Balaban J connectivity index is 3.42. The number of nitrogens with two attached hydrogens (primary N) is 3. The van der Waals surface area contributed by atoms with Crippen molar-refractivity contribution in [3.05, 3.63) is 0 Å². The highest BCUT2D eigenvalue weighted by atomic mass is 16.3. The second kappa shape index (κ2) is 13.5. The van der Waals surface area contributed by atoms with Crippen molar-refractivity contribution in [3.63, 3.8) is 0 Å². The fraction of sp³-hybridized carbons (Fsp3) is 1.00. The Bertz CT molecular complexity index is 222. The maximum Gasteiger partial charge on any atom is 0.0691 e. The van der Waals surface area contributed by atoms with Crippen LogP contribution in [0.3, 0.4) is 0 Å². The Labute approximate surface area is 131 Å². The lowest BCUT2D eigenvalue weighted by molar-refractivity contribution is 0.126. The van der Waals surface area contributed by atoms with Gasteiger partial charge in [-0.15, -0.1) is 0 Å². The molecule has 0 saturated carbocycles. The first kappa shape index (κ1) is 20.8. The smallest absolute Gasteiger partial charge is 0.0691 e. The van der Waals surface area contributed by atoms with Crippen LogP contribution in [0, 0.1) is 0 Å². The van der Waals surface area contributed by atoms with Gasteiger partial charge in [-0.3, -0.25) is 0 Å². The first-order valence-corrected chi connectivity index (χ1v) is 8.88. The van der Waals surface area contributed by atoms with Gasteiger partial charge in [0, 0.05) is 18.1 Å². The van der Waals surface area contributed by atoms with Crippen LogP contribution < -0.4 is 17.2 Å². The molecular weight excluding hydrogens is 262 g/mol. The molecule has 128 valence electrons. The molecule has 4 nitrogen and oxygen atoms in total. The summed E-state index contributed by atoms with van der Waals surface area (Å²) in [5, 5.41) is 10.0. The first-order valence-electron chi connectivity index (χ1n) is 8.88. The van der Waals surface area contributed by atoms with Crippen molar-refractivity contribution in [3.8, 4) is 0 Å². The lowest BCUT2D eigenvalue weighted by Gasteiger charge is -2.18. The minimum absolute atomic E-state index is 0.0654. The Morgan fingerprint density at radius 1 is 0.619 bits per heavy atom. The first-order chi connectivity index (χ1) is 9.93. The fourth-order valence-electron chi connectivity index (χ4n) is 2.60. The largest absolute Gasteiger partial charge is 0.392 e. The van der Waals surface area contributed by atoms with Crippen molar-refractivity contribution in [1.29, 1.82) is 0 Å². The standard InChI is InChI=1S/C17H39N3O/c1-14(18)10-6-3-4-9-13-17(21)16(20)12-8-5-7-11-15(2)19/h14-17,21H,3-13,18-20H2,1-2H3. The van der Waals surface area contributed by atoms with Gasteiger partial charge < -0.3 is 22.3 Å². The summed E-state index contributed by atoms with van der Waals surface area (Å²) in [5.74, 6) is 0. The molecule has 0 aromatic heterocycles. The number of hydrogen-bond acceptors (Lipinski definition) is 4. The summed E-state index contributed by atoms with van der Waals surface area (Å²) in [7, 11) is 0. The van der Waals surface area contributed by atoms with E-state index in [2.05, 4.69) is 6.92 Å². The molecule has 0 aliphatic rings. The van der Waals surface area contributed by atoms with Crippen molar-refractivity contribution in [2.24, 2.45) is 17.2 Å². The van der Waals surface area contributed by atoms with Crippen LogP contribution >= 0.6 is 0 Å². The minimum atomic E-state index is -0.341. The third-order valence-corrected chi connectivity index (χ3v) is 4.10. The molecule has 4 heteroatoms. The van der Waals surface area contributed by atoms with E-state index in [0.717, 1.165) is 38.5 Å². The summed E-state index contributed by atoms with van der Waals surface area (Å²) >= 11 is 0. The molecule has 0 aromatic carbocycles. The summed E-state index contributed by atoms with van der Waals surface area (Å²) in [6.07, 6.45) is 11.7. The Morgan fingerprint density at radius 2 is 1.00 bits per heavy atom. The molecule has 0 amide bonds. The van der Waals surface area contributed by atoms with E-state index in [1.807, 2.05) is 6.92 Å². The molecule has 4 atom stereocenters. The molecule has 0 aliphatic heterocycles. The highest BCUT2D eigenvalue weighted by molar-refractivity contribution is 4.72. The van der Waals surface area contributed by atoms with Crippen LogP contribution in [0.15, 0.2) is 0 Å². The summed E-state index contributed by atoms with van der Waals surface area (Å²) in [5.41, 5.74) is 17.5. The number of aliphatic hydroxyl groups excluding tert-OH is 1. The lowest BCUT2D eigenvalue weighted by Crippen LogP contribution is -2.34. The molecule has 0 saturated heterocycles. The number of hydrogen-bond donors (Lipinski definition) is 4. The second-order valence-electron chi connectivity index (χ2n) is 6.82. The quantitative estimate of drug-likeness (QED) is 0.371. The Morgan fingerprint density at radius 3 is 1.48 bits per heavy atom. The summed E-state index contributed by atoms with van der Waals surface area (Å²) in [4.78, 5) is 0. The highest BCUT2D eigenvalue weighted by Crippen LogP contribution is 2.13. The van der Waals surface area contributed by atoms with Gasteiger partial charge in [-0.25, -0.2) is 0 Å². The van der Waals surface area contributed by atoms with E-state index >= 15 is 0 Å². The van der Waals surface area contributed by atoms with E-state index in [1.165, 1.54) is 32.1 Å². The molecule has 0 aromatic rings. The molecule has 0 radical (unpaired) electrons. The molecule has 0 spiro atoms. The van der Waals surface area contributed by atoms with Gasteiger partial charge in [0.25, 0.3) is 0 Å². The van der Waals surface area contributed by atoms with E-state index in [9.17, 15) is 5.11 Å². The SMILES string of the molecule is CC(N)CCCCCCC(O)C(N)CCCCCC(C)N. The topological polar surface area (TPSA) is 98.3 Å². The Hall–Kier alpha value is -0.160. The monoisotopic (exact) mass is 301 g/mol. The summed E-state index contributed by atoms with van der Waals surface area (Å²) < 4.78 is 0. The molecular formula is C17H39N3O. The predicted molar refractivity (Wildman–Crippen MR) is 92.1 cm³/mol. The normalized spacial score (nSPS) is 17.4. The van der Waals surface area contributed by atoms with E-state index in [-0.39, 0.29) is 12.1 Å². The lowest BCUT2D eigenvalue weighted by atomic mass is 9.98. The molecule has 0 bridgehead atoms. The van der Waals surface area contributed by atoms with Gasteiger partial charge in [-0.2, -0.15) is 0 Å². The van der Waals surface area contributed by atoms with Crippen LogP contribution in [0.4, 0.5) is 0 Å². The molecule has 7 N–H and O–H groups in total. The zero-order valence-corrected chi connectivity index (χ0v) is 14.3. The maximum atomic E-state index is 10.0. The van der Waals surface area contributed by atoms with Gasteiger partial charge in [0.1, 0.15) is 0 Å². The third kappa shape index (κ3) is 14.5. The van der Waals surface area contributed by atoms with Crippen molar-refractivity contribution in [1.82, 2.24) is 0 Å². The molecule has 21 heavy (non-hydrogen) atoms. The molecule has 0 rings (SSSR count). The maximum absolute atomic E-state index is 10.0. The summed E-state index contributed by atoms with van der Waals surface area (Å²) in [6.45, 7) is 4.10. The van der Waals surface area contributed by atoms with Crippen molar-refractivity contribution in [2.45, 2.75) is 109 Å². The van der Waals surface area contributed by atoms with Crippen LogP contribution in [0.5, 0.6) is 0 Å². The van der Waals surface area contributed by atoms with Gasteiger partial charge >= 0.3 is 0 Å². The second-order valence-corrected chi connectivity index (χ2v) is 6.82. The third-order valence-electron chi connectivity index (χ3n) is 4.10. The van der Waals surface area contributed by atoms with Gasteiger partial charge in [-0.05, 0) is 39.5 Å². The van der Waals surface area contributed by atoms with Crippen molar-refractivity contribution in [2.75, 3.05) is 0 Å². The number of unbranched alkanes of at least 4 members (excludes halogenated alkanes) is 5. The predicted octanol–water partition coefficient (Wildman–Crippen LogP) is 2.66. The highest BCUT2D eigenvalue weighted by Gasteiger charge is 2.13. The van der Waals surface area contributed by atoms with Crippen LogP contribution in [0.2, 0.25) is 0 Å². The minimum Gasteiger partial charge on any atom is -0.392 e. The number of rotatable bonds is 14. The molecule has 0 heterocycles. The fourth-order valence-corrected chi connectivity index (χ4v) is 2.60. The number of aliphatic hydroxyl groups is 1. The van der Waals surface area contributed by atoms with E-state index in [0.29, 0.717) is 12.1 Å². The summed E-state index contributed by atoms with van der Waals surface area (Å²) in [6, 6.07) is 0.544. The Kier molecular flexibility index (Phi) is 13.4. The van der Waals surface area contributed by atoms with Crippen LogP contribution in [0.25, 0.3) is 0 Å². The van der Waals surface area contributed by atoms with Crippen LogP contribution in [-0.2, 0) is 0 Å². The van der Waals surface area contributed by atoms with E-state index in [1.54, 1.807) is 0 Å². The van der Waals surface area contributed by atoms with Crippen LogP contribution in [-0.4, -0.2) is 29.3 Å². The van der Waals surface area contributed by atoms with Gasteiger partial charge in [0.15, 0.2) is 0 Å². The zero-order chi connectivity index (χ0) is 16.1. The van der Waals surface area contributed by atoms with E-state index in [4.69, 9.17) is 17.2 Å².